The largest absolute Gasteiger partial charge is 0.497 e. The molecule has 0 radical (unpaired) electrons. The summed E-state index contributed by atoms with van der Waals surface area (Å²) in [6, 6.07) is 5.48. The molecule has 1 aromatic rings. The van der Waals surface area contributed by atoms with Crippen molar-refractivity contribution in [2.24, 2.45) is 5.92 Å². The van der Waals surface area contributed by atoms with Gasteiger partial charge >= 0.3 is 0 Å². The van der Waals surface area contributed by atoms with Gasteiger partial charge in [0.15, 0.2) is 0 Å². The van der Waals surface area contributed by atoms with Crippen LogP contribution < -0.4 is 10.1 Å². The van der Waals surface area contributed by atoms with Gasteiger partial charge in [-0.25, -0.2) is 0 Å². The predicted octanol–water partition coefficient (Wildman–Crippen LogP) is 3.44. The molecule has 0 heterocycles. The van der Waals surface area contributed by atoms with E-state index in [0.29, 0.717) is 0 Å². The Labute approximate surface area is 104 Å². The Kier molecular flexibility index (Phi) is 4.80. The van der Waals surface area contributed by atoms with E-state index >= 15 is 0 Å². The average Bonchev–Trinajstić information content (AvgIpc) is 2.30. The van der Waals surface area contributed by atoms with E-state index in [0.717, 1.165) is 22.3 Å². The summed E-state index contributed by atoms with van der Waals surface area (Å²) in [6.07, 6.45) is 0.827. The van der Waals surface area contributed by atoms with Crippen LogP contribution in [0.1, 0.15) is 20.3 Å². The van der Waals surface area contributed by atoms with E-state index in [1.807, 2.05) is 26.0 Å². The number of carbonyl (C=O) groups excluding carboxylic acids is 1. The first-order valence-corrected chi connectivity index (χ1v) is 6.02. The molecule has 0 aliphatic rings. The lowest BCUT2D eigenvalue weighted by Gasteiger charge is -2.12. The maximum absolute atomic E-state index is 11.7. The van der Waals surface area contributed by atoms with Crippen molar-refractivity contribution < 1.29 is 9.53 Å². The molecule has 0 aliphatic heterocycles. The van der Waals surface area contributed by atoms with Gasteiger partial charge in [0.05, 0.1) is 12.8 Å². The van der Waals surface area contributed by atoms with E-state index in [4.69, 9.17) is 4.74 Å². The molecule has 0 bridgehead atoms. The molecular weight excluding hydrogens is 270 g/mol. The van der Waals surface area contributed by atoms with Crippen LogP contribution in [0.25, 0.3) is 0 Å². The van der Waals surface area contributed by atoms with Crippen LogP contribution in [-0.4, -0.2) is 13.0 Å². The number of ether oxygens (including phenoxy) is 1. The number of nitrogens with one attached hydrogen (secondary N) is 1. The average molecular weight is 286 g/mol. The summed E-state index contributed by atoms with van der Waals surface area (Å²) < 4.78 is 5.96. The summed E-state index contributed by atoms with van der Waals surface area (Å²) in [5.74, 6) is 0.761. The van der Waals surface area contributed by atoms with Gasteiger partial charge in [0.2, 0.25) is 5.91 Å². The van der Waals surface area contributed by atoms with Crippen molar-refractivity contribution in [3.8, 4) is 5.75 Å². The topological polar surface area (TPSA) is 38.3 Å². The highest BCUT2D eigenvalue weighted by Crippen LogP contribution is 2.27. The number of rotatable bonds is 4. The van der Waals surface area contributed by atoms with Crippen molar-refractivity contribution in [1.29, 1.82) is 0 Å². The second-order valence-electron chi connectivity index (χ2n) is 3.64. The Morgan fingerprint density at radius 1 is 1.56 bits per heavy atom. The SMILES string of the molecule is CCC(C)C(=O)Nc1cc(OC)ccc1Br. The number of halogens is 1. The first-order valence-electron chi connectivity index (χ1n) is 5.22. The van der Waals surface area contributed by atoms with E-state index in [1.165, 1.54) is 0 Å². The number of methoxy groups -OCH3 is 1. The summed E-state index contributed by atoms with van der Waals surface area (Å²) in [5, 5.41) is 2.87. The number of hydrogen-bond donors (Lipinski definition) is 1. The molecule has 0 saturated heterocycles. The monoisotopic (exact) mass is 285 g/mol. The summed E-state index contributed by atoms with van der Waals surface area (Å²) in [6.45, 7) is 3.90. The minimum atomic E-state index is 0.0121. The van der Waals surface area contributed by atoms with E-state index in [9.17, 15) is 4.79 Å². The van der Waals surface area contributed by atoms with Crippen LogP contribution in [0.3, 0.4) is 0 Å². The fourth-order valence-corrected chi connectivity index (χ4v) is 1.51. The van der Waals surface area contributed by atoms with Crippen molar-refractivity contribution >= 4 is 27.5 Å². The first-order chi connectivity index (χ1) is 7.58. The molecule has 1 atom stereocenters. The lowest BCUT2D eigenvalue weighted by Crippen LogP contribution is -2.19. The van der Waals surface area contributed by atoms with Gasteiger partial charge in [-0.2, -0.15) is 0 Å². The van der Waals surface area contributed by atoms with Crippen LogP contribution in [0.4, 0.5) is 5.69 Å². The maximum Gasteiger partial charge on any atom is 0.227 e. The van der Waals surface area contributed by atoms with Crippen LogP contribution in [0, 0.1) is 5.92 Å². The van der Waals surface area contributed by atoms with Crippen LogP contribution in [0.5, 0.6) is 5.75 Å². The zero-order valence-electron chi connectivity index (χ0n) is 9.71. The van der Waals surface area contributed by atoms with Gasteiger partial charge in [0, 0.05) is 16.5 Å². The molecule has 0 fully saturated rings. The normalized spacial score (nSPS) is 12.0. The lowest BCUT2D eigenvalue weighted by molar-refractivity contribution is -0.119. The molecule has 88 valence electrons. The third kappa shape index (κ3) is 3.23. The van der Waals surface area contributed by atoms with Crippen LogP contribution in [0.15, 0.2) is 22.7 Å². The fraction of sp³-hybridized carbons (Fsp3) is 0.417. The predicted molar refractivity (Wildman–Crippen MR) is 68.8 cm³/mol. The second-order valence-corrected chi connectivity index (χ2v) is 4.50. The third-order valence-electron chi connectivity index (χ3n) is 2.49. The van der Waals surface area contributed by atoms with Gasteiger partial charge < -0.3 is 10.1 Å². The highest BCUT2D eigenvalue weighted by molar-refractivity contribution is 9.10. The van der Waals surface area contributed by atoms with Crippen molar-refractivity contribution in [3.63, 3.8) is 0 Å². The lowest BCUT2D eigenvalue weighted by atomic mass is 10.1. The molecule has 1 unspecified atom stereocenters. The third-order valence-corrected chi connectivity index (χ3v) is 3.18. The second kappa shape index (κ2) is 5.89. The highest BCUT2D eigenvalue weighted by atomic mass is 79.9. The zero-order chi connectivity index (χ0) is 12.1. The quantitative estimate of drug-likeness (QED) is 0.920. The van der Waals surface area contributed by atoms with Gasteiger partial charge in [-0.15, -0.1) is 0 Å². The minimum absolute atomic E-state index is 0.0121. The van der Waals surface area contributed by atoms with Crippen LogP contribution in [-0.2, 0) is 4.79 Å². The van der Waals surface area contributed by atoms with Crippen molar-refractivity contribution in [2.75, 3.05) is 12.4 Å². The number of amides is 1. The Morgan fingerprint density at radius 2 is 2.25 bits per heavy atom. The van der Waals surface area contributed by atoms with E-state index in [1.54, 1.807) is 13.2 Å². The molecule has 1 rings (SSSR count). The van der Waals surface area contributed by atoms with Crippen molar-refractivity contribution in [3.05, 3.63) is 22.7 Å². The summed E-state index contributed by atoms with van der Waals surface area (Å²) in [4.78, 5) is 11.7. The molecule has 0 spiro atoms. The standard InChI is InChI=1S/C12H16BrNO2/c1-4-8(2)12(15)14-11-7-9(16-3)5-6-10(11)13/h5-8H,4H2,1-3H3,(H,14,15). The molecule has 1 aromatic carbocycles. The Morgan fingerprint density at radius 3 is 2.81 bits per heavy atom. The van der Waals surface area contributed by atoms with Crippen molar-refractivity contribution in [2.45, 2.75) is 20.3 Å². The molecule has 0 aromatic heterocycles. The summed E-state index contributed by atoms with van der Waals surface area (Å²) in [5.41, 5.74) is 0.740. The molecule has 1 amide bonds. The van der Waals surface area contributed by atoms with Crippen LogP contribution in [0.2, 0.25) is 0 Å². The number of carbonyl (C=O) groups is 1. The number of anilines is 1. The number of hydrogen-bond acceptors (Lipinski definition) is 2. The molecule has 0 saturated carbocycles. The van der Waals surface area contributed by atoms with Gasteiger partial charge in [0.1, 0.15) is 5.75 Å². The first kappa shape index (κ1) is 13.0. The van der Waals surface area contributed by atoms with Crippen molar-refractivity contribution in [1.82, 2.24) is 0 Å². The van der Waals surface area contributed by atoms with E-state index in [-0.39, 0.29) is 11.8 Å². The zero-order valence-corrected chi connectivity index (χ0v) is 11.3. The van der Waals surface area contributed by atoms with Gasteiger partial charge in [-0.05, 0) is 34.5 Å². The smallest absolute Gasteiger partial charge is 0.227 e. The maximum atomic E-state index is 11.7. The van der Waals surface area contributed by atoms with E-state index in [2.05, 4.69) is 21.2 Å². The summed E-state index contributed by atoms with van der Waals surface area (Å²) >= 11 is 3.39. The van der Waals surface area contributed by atoms with E-state index < -0.39 is 0 Å². The Hall–Kier alpha value is -1.03. The highest BCUT2D eigenvalue weighted by Gasteiger charge is 2.12. The minimum Gasteiger partial charge on any atom is -0.497 e. The molecule has 1 N–H and O–H groups in total. The molecule has 3 nitrogen and oxygen atoms in total. The molecular formula is C12H16BrNO2. The number of benzene rings is 1. The Bertz CT molecular complexity index is 379. The van der Waals surface area contributed by atoms with Crippen LogP contribution >= 0.6 is 15.9 Å². The van der Waals surface area contributed by atoms with Gasteiger partial charge in [-0.3, -0.25) is 4.79 Å². The molecule has 16 heavy (non-hydrogen) atoms. The molecule has 0 aliphatic carbocycles. The fourth-order valence-electron chi connectivity index (χ4n) is 1.17. The summed E-state index contributed by atoms with van der Waals surface area (Å²) in [7, 11) is 1.60. The van der Waals surface area contributed by atoms with Gasteiger partial charge in [0.25, 0.3) is 0 Å². The Balaban J connectivity index is 2.83. The molecule has 4 heteroatoms. The van der Waals surface area contributed by atoms with Gasteiger partial charge in [-0.1, -0.05) is 13.8 Å².